The molecule has 33 heavy (non-hydrogen) atoms. The van der Waals surface area contributed by atoms with Crippen molar-refractivity contribution in [1.82, 2.24) is 4.90 Å². The lowest BCUT2D eigenvalue weighted by Gasteiger charge is -2.22. The van der Waals surface area contributed by atoms with E-state index in [1.54, 1.807) is 28.1 Å². The van der Waals surface area contributed by atoms with Crippen LogP contribution in [0.25, 0.3) is 0 Å². The molecule has 8 heteroatoms. The summed E-state index contributed by atoms with van der Waals surface area (Å²) in [5, 5.41) is 12.3. The predicted molar refractivity (Wildman–Crippen MR) is 132 cm³/mol. The Morgan fingerprint density at radius 2 is 1.76 bits per heavy atom. The van der Waals surface area contributed by atoms with Gasteiger partial charge in [0.2, 0.25) is 5.91 Å². The SMILES string of the molecule is COCCN(CC(=O)Nc1cc(C)c(OC)cc1C)Cc1ccc(SC(C)(C)C(=O)O)cc1. The molecule has 0 aliphatic carbocycles. The average molecular weight is 475 g/mol. The van der Waals surface area contributed by atoms with Crippen LogP contribution in [0.2, 0.25) is 0 Å². The number of carboxylic acid groups (broad SMARTS) is 1. The second-order valence-corrected chi connectivity index (χ2v) is 10.1. The van der Waals surface area contributed by atoms with Gasteiger partial charge >= 0.3 is 5.97 Å². The number of benzene rings is 2. The van der Waals surface area contributed by atoms with Gasteiger partial charge in [-0.3, -0.25) is 14.5 Å². The van der Waals surface area contributed by atoms with Gasteiger partial charge in [-0.2, -0.15) is 0 Å². The molecule has 0 saturated heterocycles. The highest BCUT2D eigenvalue weighted by Gasteiger charge is 2.28. The average Bonchev–Trinajstić information content (AvgIpc) is 2.75. The molecule has 0 saturated carbocycles. The van der Waals surface area contributed by atoms with Gasteiger partial charge in [0.05, 0.1) is 20.3 Å². The standard InChI is InChI=1S/C25H34N2O5S/c1-17-14-22(32-6)18(2)13-21(17)26-23(28)16-27(11-12-31-5)15-19-7-9-20(10-8-19)33-25(3,4)24(29)30/h7-10,13-14H,11-12,15-16H2,1-6H3,(H,26,28)(H,29,30). The molecule has 0 aliphatic rings. The first-order valence-electron chi connectivity index (χ1n) is 10.7. The van der Waals surface area contributed by atoms with Gasteiger partial charge in [0, 0.05) is 30.8 Å². The highest BCUT2D eigenvalue weighted by Crippen LogP contribution is 2.32. The highest BCUT2D eigenvalue weighted by atomic mass is 32.2. The van der Waals surface area contributed by atoms with Crippen LogP contribution in [0.1, 0.15) is 30.5 Å². The fourth-order valence-corrected chi connectivity index (χ4v) is 4.18. The van der Waals surface area contributed by atoms with Crippen molar-refractivity contribution in [2.24, 2.45) is 0 Å². The van der Waals surface area contributed by atoms with Crippen LogP contribution in [0.3, 0.4) is 0 Å². The van der Waals surface area contributed by atoms with Crippen molar-refractivity contribution >= 4 is 29.3 Å². The zero-order valence-corrected chi connectivity index (χ0v) is 21.0. The lowest BCUT2D eigenvalue weighted by molar-refractivity contribution is -0.138. The minimum absolute atomic E-state index is 0.103. The third-order valence-electron chi connectivity index (χ3n) is 5.21. The Morgan fingerprint density at radius 3 is 2.33 bits per heavy atom. The molecule has 0 aliphatic heterocycles. The zero-order chi connectivity index (χ0) is 24.6. The Kier molecular flexibility index (Phi) is 9.76. The molecule has 0 atom stereocenters. The summed E-state index contributed by atoms with van der Waals surface area (Å²) < 4.78 is 9.66. The fourth-order valence-electron chi connectivity index (χ4n) is 3.23. The van der Waals surface area contributed by atoms with E-state index < -0.39 is 10.7 Å². The maximum atomic E-state index is 12.8. The molecule has 180 valence electrons. The van der Waals surface area contributed by atoms with Crippen LogP contribution in [0.15, 0.2) is 41.3 Å². The number of carbonyl (C=O) groups is 2. The van der Waals surface area contributed by atoms with Gasteiger partial charge in [0.25, 0.3) is 0 Å². The summed E-state index contributed by atoms with van der Waals surface area (Å²) >= 11 is 1.31. The molecule has 0 heterocycles. The van der Waals surface area contributed by atoms with Crippen molar-refractivity contribution in [3.8, 4) is 5.75 Å². The predicted octanol–water partition coefficient (Wildman–Crippen LogP) is 4.35. The Morgan fingerprint density at radius 1 is 1.09 bits per heavy atom. The molecule has 2 N–H and O–H groups in total. The van der Waals surface area contributed by atoms with Crippen LogP contribution in [-0.4, -0.2) is 60.5 Å². The number of rotatable bonds is 12. The third kappa shape index (κ3) is 8.07. The minimum Gasteiger partial charge on any atom is -0.496 e. The van der Waals surface area contributed by atoms with E-state index in [4.69, 9.17) is 9.47 Å². The third-order valence-corrected chi connectivity index (χ3v) is 6.41. The number of carbonyl (C=O) groups excluding carboxylic acids is 1. The van der Waals surface area contributed by atoms with Crippen LogP contribution < -0.4 is 10.1 Å². The summed E-state index contributed by atoms with van der Waals surface area (Å²) in [5.74, 6) is -0.162. The number of aryl methyl sites for hydroxylation is 2. The van der Waals surface area contributed by atoms with E-state index in [-0.39, 0.29) is 12.5 Å². The number of carboxylic acids is 1. The molecule has 1 amide bonds. The topological polar surface area (TPSA) is 88.1 Å². The van der Waals surface area contributed by atoms with E-state index in [1.165, 1.54) is 11.8 Å². The number of amides is 1. The van der Waals surface area contributed by atoms with Crippen LogP contribution >= 0.6 is 11.8 Å². The van der Waals surface area contributed by atoms with E-state index in [2.05, 4.69) is 5.32 Å². The Labute approximate surface area is 200 Å². The molecule has 2 aromatic rings. The monoisotopic (exact) mass is 474 g/mol. The van der Waals surface area contributed by atoms with Crippen molar-refractivity contribution in [3.63, 3.8) is 0 Å². The maximum absolute atomic E-state index is 12.8. The molecule has 0 fully saturated rings. The van der Waals surface area contributed by atoms with Gasteiger partial charge < -0.3 is 19.9 Å². The molecule has 0 unspecified atom stereocenters. The van der Waals surface area contributed by atoms with E-state index in [1.807, 2.05) is 55.1 Å². The lowest BCUT2D eigenvalue weighted by atomic mass is 10.1. The van der Waals surface area contributed by atoms with E-state index in [0.717, 1.165) is 33.0 Å². The molecule has 0 bridgehead atoms. The molecule has 2 rings (SSSR count). The number of nitrogens with zero attached hydrogens (tertiary/aromatic N) is 1. The Bertz CT molecular complexity index is 960. The zero-order valence-electron chi connectivity index (χ0n) is 20.2. The van der Waals surface area contributed by atoms with Gasteiger partial charge in [-0.15, -0.1) is 11.8 Å². The number of hydrogen-bond acceptors (Lipinski definition) is 6. The highest BCUT2D eigenvalue weighted by molar-refractivity contribution is 8.01. The van der Waals surface area contributed by atoms with Gasteiger partial charge in [-0.05, 0) is 68.7 Å². The molecule has 0 aromatic heterocycles. The van der Waals surface area contributed by atoms with E-state index >= 15 is 0 Å². The van der Waals surface area contributed by atoms with E-state index in [9.17, 15) is 14.7 Å². The van der Waals surface area contributed by atoms with Gasteiger partial charge in [-0.25, -0.2) is 0 Å². The van der Waals surface area contributed by atoms with Gasteiger partial charge in [0.15, 0.2) is 0 Å². The minimum atomic E-state index is -0.901. The Hall–Kier alpha value is -2.55. The van der Waals surface area contributed by atoms with Crippen molar-refractivity contribution < 1.29 is 24.2 Å². The number of methoxy groups -OCH3 is 2. The van der Waals surface area contributed by atoms with Crippen LogP contribution in [0, 0.1) is 13.8 Å². The number of nitrogens with one attached hydrogen (secondary N) is 1. The second kappa shape index (κ2) is 12.1. The van der Waals surface area contributed by atoms with Gasteiger partial charge in [-0.1, -0.05) is 12.1 Å². The molecule has 7 nitrogen and oxygen atoms in total. The van der Waals surface area contributed by atoms with Crippen molar-refractivity contribution in [2.75, 3.05) is 39.2 Å². The first-order valence-corrected chi connectivity index (χ1v) is 11.5. The van der Waals surface area contributed by atoms with Crippen LogP contribution in [-0.2, 0) is 20.9 Å². The summed E-state index contributed by atoms with van der Waals surface area (Å²) in [6.07, 6.45) is 0. The number of aliphatic carboxylic acids is 1. The summed E-state index contributed by atoms with van der Waals surface area (Å²) in [6.45, 7) is 9.16. The summed E-state index contributed by atoms with van der Waals surface area (Å²) in [4.78, 5) is 27.1. The molecule has 0 radical (unpaired) electrons. The fraction of sp³-hybridized carbons (Fsp3) is 0.440. The smallest absolute Gasteiger partial charge is 0.319 e. The number of ether oxygens (including phenoxy) is 2. The molecular weight excluding hydrogens is 440 g/mol. The molecular formula is C25H34N2O5S. The summed E-state index contributed by atoms with van der Waals surface area (Å²) in [7, 11) is 3.27. The van der Waals surface area contributed by atoms with Crippen molar-refractivity contribution in [3.05, 3.63) is 53.1 Å². The maximum Gasteiger partial charge on any atom is 0.319 e. The normalized spacial score (nSPS) is 11.5. The lowest BCUT2D eigenvalue weighted by Crippen LogP contribution is -2.35. The van der Waals surface area contributed by atoms with Gasteiger partial charge in [0.1, 0.15) is 10.5 Å². The second-order valence-electron chi connectivity index (χ2n) is 8.45. The number of anilines is 1. The van der Waals surface area contributed by atoms with Crippen molar-refractivity contribution in [2.45, 2.75) is 43.9 Å². The Balaban J connectivity index is 2.05. The van der Waals surface area contributed by atoms with E-state index in [0.29, 0.717) is 19.7 Å². The molecule has 0 spiro atoms. The van der Waals surface area contributed by atoms with Crippen LogP contribution in [0.5, 0.6) is 5.75 Å². The summed E-state index contributed by atoms with van der Waals surface area (Å²) in [5.41, 5.74) is 3.70. The first-order chi connectivity index (χ1) is 15.6. The summed E-state index contributed by atoms with van der Waals surface area (Å²) in [6, 6.07) is 11.6. The number of hydrogen-bond donors (Lipinski definition) is 2. The number of thioether (sulfide) groups is 1. The van der Waals surface area contributed by atoms with Crippen molar-refractivity contribution in [1.29, 1.82) is 0 Å². The van der Waals surface area contributed by atoms with Crippen LogP contribution in [0.4, 0.5) is 5.69 Å². The quantitative estimate of drug-likeness (QED) is 0.442. The first kappa shape index (κ1) is 26.7. The molecule has 2 aromatic carbocycles. The largest absolute Gasteiger partial charge is 0.496 e.